The lowest BCUT2D eigenvalue weighted by Gasteiger charge is -2.19. The molecule has 1 heterocycles. The van der Waals surface area contributed by atoms with Crippen molar-refractivity contribution in [3.8, 4) is 0 Å². The molecular weight excluding hydrogens is 463 g/mol. The molecule has 1 aliphatic rings. The van der Waals surface area contributed by atoms with Gasteiger partial charge in [0.1, 0.15) is 5.82 Å². The highest BCUT2D eigenvalue weighted by Gasteiger charge is 2.27. The van der Waals surface area contributed by atoms with Crippen LogP contribution in [0, 0.1) is 18.7 Å². The van der Waals surface area contributed by atoms with Crippen LogP contribution in [0.25, 0.3) is 0 Å². The number of benzene rings is 2. The Kier molecular flexibility index (Phi) is 6.72. The molecule has 3 rings (SSSR count). The van der Waals surface area contributed by atoms with Gasteiger partial charge in [0.15, 0.2) is 0 Å². The molecule has 0 aromatic heterocycles. The van der Waals surface area contributed by atoms with Crippen LogP contribution in [-0.2, 0) is 14.8 Å². The summed E-state index contributed by atoms with van der Waals surface area (Å²) < 4.78 is 47.4. The summed E-state index contributed by atoms with van der Waals surface area (Å²) in [5.41, 5.74) is 0.973. The normalized spacial score (nSPS) is 17.9. The van der Waals surface area contributed by atoms with Crippen molar-refractivity contribution in [2.75, 3.05) is 18.5 Å². The molecular formula is C20H22BrFN2O4S. The highest BCUT2D eigenvalue weighted by Crippen LogP contribution is 2.24. The fourth-order valence-corrected chi connectivity index (χ4v) is 4.89. The predicted octanol–water partition coefficient (Wildman–Crippen LogP) is 3.85. The van der Waals surface area contributed by atoms with Crippen LogP contribution < -0.4 is 10.0 Å². The Morgan fingerprint density at radius 3 is 2.69 bits per heavy atom. The number of carbonyl (C=O) groups excluding carboxylic acids is 1. The summed E-state index contributed by atoms with van der Waals surface area (Å²) in [5.74, 6) is -0.757. The number of nitrogens with one attached hydrogen (secondary N) is 2. The van der Waals surface area contributed by atoms with Gasteiger partial charge < -0.3 is 10.1 Å². The van der Waals surface area contributed by atoms with Gasteiger partial charge in [0.25, 0.3) is 5.91 Å². The molecule has 9 heteroatoms. The van der Waals surface area contributed by atoms with E-state index in [1.807, 2.05) is 0 Å². The lowest BCUT2D eigenvalue weighted by Crippen LogP contribution is -2.38. The molecule has 156 valence electrons. The maximum Gasteiger partial charge on any atom is 0.256 e. The Labute approximate surface area is 178 Å². The highest BCUT2D eigenvalue weighted by molar-refractivity contribution is 9.10. The van der Waals surface area contributed by atoms with E-state index in [-0.39, 0.29) is 28.2 Å². The monoisotopic (exact) mass is 484 g/mol. The van der Waals surface area contributed by atoms with Crippen LogP contribution in [-0.4, -0.2) is 33.6 Å². The van der Waals surface area contributed by atoms with E-state index in [2.05, 4.69) is 26.0 Å². The number of rotatable bonds is 6. The van der Waals surface area contributed by atoms with Crippen LogP contribution >= 0.6 is 15.9 Å². The first-order chi connectivity index (χ1) is 13.7. The number of amides is 1. The Morgan fingerprint density at radius 1 is 1.28 bits per heavy atom. The molecule has 0 bridgehead atoms. The minimum atomic E-state index is -3.81. The Morgan fingerprint density at radius 2 is 2.03 bits per heavy atom. The van der Waals surface area contributed by atoms with Gasteiger partial charge in [0.05, 0.1) is 17.1 Å². The summed E-state index contributed by atoms with van der Waals surface area (Å²) in [6.45, 7) is 4.55. The summed E-state index contributed by atoms with van der Waals surface area (Å²) in [6.07, 6.45) is 0.800. The zero-order valence-electron chi connectivity index (χ0n) is 16.0. The number of carbonyl (C=O) groups is 1. The van der Waals surface area contributed by atoms with Gasteiger partial charge in [-0.2, -0.15) is 0 Å². The molecule has 2 atom stereocenters. The van der Waals surface area contributed by atoms with Crippen LogP contribution in [0.15, 0.2) is 45.8 Å². The molecule has 2 unspecified atom stereocenters. The summed E-state index contributed by atoms with van der Waals surface area (Å²) in [7, 11) is -3.81. The third-order valence-corrected chi connectivity index (χ3v) is 7.17. The van der Waals surface area contributed by atoms with Crippen LogP contribution in [0.5, 0.6) is 0 Å². The van der Waals surface area contributed by atoms with Crippen molar-refractivity contribution in [3.63, 3.8) is 0 Å². The van der Waals surface area contributed by atoms with Crippen LogP contribution in [0.1, 0.15) is 29.3 Å². The van der Waals surface area contributed by atoms with Gasteiger partial charge in [-0.25, -0.2) is 17.5 Å². The second-order valence-corrected chi connectivity index (χ2v) is 9.66. The maximum atomic E-state index is 13.4. The van der Waals surface area contributed by atoms with E-state index in [4.69, 9.17) is 4.74 Å². The number of sulfonamides is 1. The van der Waals surface area contributed by atoms with E-state index in [1.165, 1.54) is 36.4 Å². The van der Waals surface area contributed by atoms with Gasteiger partial charge in [-0.3, -0.25) is 4.79 Å². The third-order valence-electron chi connectivity index (χ3n) is 4.92. The molecule has 1 saturated heterocycles. The lowest BCUT2D eigenvalue weighted by molar-refractivity contribution is 0.102. The summed E-state index contributed by atoms with van der Waals surface area (Å²) >= 11 is 3.29. The van der Waals surface area contributed by atoms with Gasteiger partial charge >= 0.3 is 0 Å². The fourth-order valence-electron chi connectivity index (χ4n) is 3.12. The van der Waals surface area contributed by atoms with E-state index in [1.54, 1.807) is 13.8 Å². The summed E-state index contributed by atoms with van der Waals surface area (Å²) in [6, 6.07) is 8.20. The minimum absolute atomic E-state index is 0.00750. The number of halogens is 2. The molecule has 2 N–H and O–H groups in total. The topological polar surface area (TPSA) is 84.5 Å². The van der Waals surface area contributed by atoms with E-state index in [9.17, 15) is 17.6 Å². The smallest absolute Gasteiger partial charge is 0.256 e. The first-order valence-corrected chi connectivity index (χ1v) is 11.4. The molecule has 2 aromatic rings. The SMILES string of the molecule is Cc1cc(NC(=O)c2cc(S(=O)(=O)NC(C)C3CCOC3)ccc2Br)ccc1F. The number of hydrogen-bond donors (Lipinski definition) is 2. The second-order valence-electron chi connectivity index (χ2n) is 7.09. The Hall–Kier alpha value is -1.81. The van der Waals surface area contributed by atoms with Crippen LogP contribution in [0.2, 0.25) is 0 Å². The standard InChI is InChI=1S/C20H22BrFN2O4S/c1-12-9-15(3-6-19(12)22)23-20(25)17-10-16(4-5-18(17)21)29(26,27)24-13(2)14-7-8-28-11-14/h3-6,9-10,13-14,24H,7-8,11H2,1-2H3,(H,23,25). The molecule has 0 aliphatic carbocycles. The zero-order chi connectivity index (χ0) is 21.2. The predicted molar refractivity (Wildman–Crippen MR) is 112 cm³/mol. The molecule has 0 saturated carbocycles. The molecule has 6 nitrogen and oxygen atoms in total. The van der Waals surface area contributed by atoms with Crippen LogP contribution in [0.3, 0.4) is 0 Å². The summed E-state index contributed by atoms with van der Waals surface area (Å²) in [5, 5.41) is 2.66. The maximum absolute atomic E-state index is 13.4. The number of anilines is 1. The zero-order valence-corrected chi connectivity index (χ0v) is 18.4. The summed E-state index contributed by atoms with van der Waals surface area (Å²) in [4.78, 5) is 12.7. The first kappa shape index (κ1) is 21.9. The van der Waals surface area contributed by atoms with Gasteiger partial charge in [0.2, 0.25) is 10.0 Å². The van der Waals surface area contributed by atoms with Crippen molar-refractivity contribution in [1.29, 1.82) is 0 Å². The van der Waals surface area contributed by atoms with Crippen molar-refractivity contribution in [1.82, 2.24) is 4.72 Å². The Balaban J connectivity index is 1.81. The van der Waals surface area contributed by atoms with Gasteiger partial charge in [-0.15, -0.1) is 0 Å². The largest absolute Gasteiger partial charge is 0.381 e. The van der Waals surface area contributed by atoms with Crippen LogP contribution in [0.4, 0.5) is 10.1 Å². The van der Waals surface area contributed by atoms with E-state index in [0.29, 0.717) is 28.9 Å². The quantitative estimate of drug-likeness (QED) is 0.651. The average Bonchev–Trinajstić information content (AvgIpc) is 3.19. The van der Waals surface area contributed by atoms with Gasteiger partial charge in [-0.05, 0) is 78.2 Å². The third kappa shape index (κ3) is 5.22. The molecule has 0 radical (unpaired) electrons. The molecule has 1 fully saturated rings. The van der Waals surface area contributed by atoms with E-state index >= 15 is 0 Å². The number of hydrogen-bond acceptors (Lipinski definition) is 4. The van der Waals surface area contributed by atoms with Crippen molar-refractivity contribution in [2.24, 2.45) is 5.92 Å². The molecule has 2 aromatic carbocycles. The fraction of sp³-hybridized carbons (Fsp3) is 0.350. The average molecular weight is 485 g/mol. The van der Waals surface area contributed by atoms with E-state index < -0.39 is 15.9 Å². The van der Waals surface area contributed by atoms with Crippen molar-refractivity contribution in [3.05, 3.63) is 57.8 Å². The molecule has 1 amide bonds. The van der Waals surface area contributed by atoms with Gasteiger partial charge in [0, 0.05) is 28.7 Å². The number of ether oxygens (including phenoxy) is 1. The highest BCUT2D eigenvalue weighted by atomic mass is 79.9. The first-order valence-electron chi connectivity index (χ1n) is 9.14. The molecule has 1 aliphatic heterocycles. The van der Waals surface area contributed by atoms with Crippen molar-refractivity contribution < 1.29 is 22.3 Å². The Bertz CT molecular complexity index is 1020. The minimum Gasteiger partial charge on any atom is -0.381 e. The molecule has 29 heavy (non-hydrogen) atoms. The lowest BCUT2D eigenvalue weighted by atomic mass is 10.0. The van der Waals surface area contributed by atoms with Gasteiger partial charge in [-0.1, -0.05) is 0 Å². The molecule has 0 spiro atoms. The number of aryl methyl sites for hydroxylation is 1. The van der Waals surface area contributed by atoms with Crippen molar-refractivity contribution >= 4 is 37.5 Å². The van der Waals surface area contributed by atoms with Crippen molar-refractivity contribution in [2.45, 2.75) is 31.2 Å². The van der Waals surface area contributed by atoms with E-state index in [0.717, 1.165) is 6.42 Å². The second kappa shape index (κ2) is 8.91.